The zero-order chi connectivity index (χ0) is 22.6. The quantitative estimate of drug-likeness (QED) is 0.610. The van der Waals surface area contributed by atoms with Crippen molar-refractivity contribution >= 4 is 11.9 Å². The molecule has 1 amide bonds. The van der Waals surface area contributed by atoms with Crippen LogP contribution < -0.4 is 10.2 Å². The number of alkyl halides is 3. The highest BCUT2D eigenvalue weighted by molar-refractivity contribution is 5.67. The average molecular weight is 448 g/mol. The number of carbonyl (C=O) groups is 1. The van der Waals surface area contributed by atoms with Gasteiger partial charge in [-0.1, -0.05) is 11.2 Å². The molecule has 0 bridgehead atoms. The van der Waals surface area contributed by atoms with Crippen molar-refractivity contribution in [2.24, 2.45) is 0 Å². The monoisotopic (exact) mass is 448 g/mol. The average Bonchev–Trinajstić information content (AvgIpc) is 3.49. The van der Waals surface area contributed by atoms with E-state index in [-0.39, 0.29) is 24.5 Å². The van der Waals surface area contributed by atoms with E-state index in [9.17, 15) is 18.0 Å². The van der Waals surface area contributed by atoms with Crippen molar-refractivity contribution in [3.63, 3.8) is 0 Å². The van der Waals surface area contributed by atoms with Crippen LogP contribution in [0.25, 0.3) is 11.4 Å². The predicted octanol–water partition coefficient (Wildman–Crippen LogP) is 3.57. The van der Waals surface area contributed by atoms with Gasteiger partial charge in [-0.3, -0.25) is 4.98 Å². The number of alkyl carbamates (subject to hydrolysis) is 1. The Bertz CT molecular complexity index is 1050. The van der Waals surface area contributed by atoms with Crippen molar-refractivity contribution in [3.05, 3.63) is 53.8 Å². The van der Waals surface area contributed by atoms with E-state index in [4.69, 9.17) is 4.74 Å². The van der Waals surface area contributed by atoms with Crippen molar-refractivity contribution in [2.75, 3.05) is 18.0 Å². The zero-order valence-corrected chi connectivity index (χ0v) is 16.8. The first-order chi connectivity index (χ1) is 15.4. The molecule has 0 saturated carbocycles. The number of hydrogen-bond acceptors (Lipinski definition) is 8. The van der Waals surface area contributed by atoms with Crippen LogP contribution in [0.4, 0.5) is 23.8 Å². The Balaban J connectivity index is 1.24. The van der Waals surface area contributed by atoms with Crippen molar-refractivity contribution in [2.45, 2.75) is 32.2 Å². The van der Waals surface area contributed by atoms with Gasteiger partial charge in [0, 0.05) is 36.6 Å². The summed E-state index contributed by atoms with van der Waals surface area (Å²) in [7, 11) is 0. The van der Waals surface area contributed by atoms with E-state index in [2.05, 4.69) is 34.8 Å². The number of hydrogen-bond donors (Lipinski definition) is 1. The summed E-state index contributed by atoms with van der Waals surface area (Å²) in [5, 5.41) is 5.85. The van der Waals surface area contributed by atoms with E-state index >= 15 is 0 Å². The SMILES string of the molecule is O=C(NCc1ccc(-c2noc(C(F)(F)F)n2)cn1)OCc1ccc(N2CCCC2)nc1. The zero-order valence-electron chi connectivity index (χ0n) is 16.8. The van der Waals surface area contributed by atoms with Crippen molar-refractivity contribution in [1.29, 1.82) is 0 Å². The summed E-state index contributed by atoms with van der Waals surface area (Å²) in [4.78, 5) is 25.9. The molecule has 0 spiro atoms. The first-order valence-corrected chi connectivity index (χ1v) is 9.85. The molecule has 12 heteroatoms. The fourth-order valence-corrected chi connectivity index (χ4v) is 3.12. The van der Waals surface area contributed by atoms with Gasteiger partial charge in [0.25, 0.3) is 0 Å². The Hall–Kier alpha value is -3.70. The number of rotatable bonds is 6. The molecule has 1 aliphatic rings. The molecule has 1 aliphatic heterocycles. The van der Waals surface area contributed by atoms with Gasteiger partial charge in [-0.2, -0.15) is 18.2 Å². The van der Waals surface area contributed by atoms with Crippen LogP contribution in [0.1, 0.15) is 30.0 Å². The van der Waals surface area contributed by atoms with E-state index < -0.39 is 18.2 Å². The maximum absolute atomic E-state index is 12.5. The molecule has 1 fully saturated rings. The number of nitrogens with one attached hydrogen (secondary N) is 1. The lowest BCUT2D eigenvalue weighted by Gasteiger charge is -2.16. The minimum absolute atomic E-state index is 0.0743. The van der Waals surface area contributed by atoms with Crippen LogP contribution in [-0.2, 0) is 24.1 Å². The number of aromatic nitrogens is 4. The lowest BCUT2D eigenvalue weighted by atomic mass is 10.2. The lowest BCUT2D eigenvalue weighted by molar-refractivity contribution is -0.159. The summed E-state index contributed by atoms with van der Waals surface area (Å²) in [6.45, 7) is 2.16. The van der Waals surface area contributed by atoms with E-state index in [1.807, 2.05) is 12.1 Å². The molecule has 0 unspecified atom stereocenters. The Morgan fingerprint density at radius 1 is 1.12 bits per heavy atom. The summed E-state index contributed by atoms with van der Waals surface area (Å²) in [6.07, 6.45) is -0.0348. The Morgan fingerprint density at radius 2 is 1.94 bits per heavy atom. The highest BCUT2D eigenvalue weighted by Crippen LogP contribution is 2.29. The van der Waals surface area contributed by atoms with E-state index in [1.54, 1.807) is 6.20 Å². The van der Waals surface area contributed by atoms with Crippen molar-refractivity contribution in [1.82, 2.24) is 25.4 Å². The highest BCUT2D eigenvalue weighted by Gasteiger charge is 2.38. The number of amides is 1. The fourth-order valence-electron chi connectivity index (χ4n) is 3.12. The number of halogens is 3. The van der Waals surface area contributed by atoms with Crippen LogP contribution >= 0.6 is 0 Å². The second-order valence-corrected chi connectivity index (χ2v) is 7.11. The normalized spacial score (nSPS) is 13.9. The number of anilines is 1. The molecule has 0 aliphatic carbocycles. The van der Waals surface area contributed by atoms with Gasteiger partial charge >= 0.3 is 18.2 Å². The number of nitrogens with zero attached hydrogens (tertiary/aromatic N) is 5. The Morgan fingerprint density at radius 3 is 2.56 bits per heavy atom. The molecule has 0 radical (unpaired) electrons. The van der Waals surface area contributed by atoms with Crippen LogP contribution in [0.5, 0.6) is 0 Å². The predicted molar refractivity (Wildman–Crippen MR) is 105 cm³/mol. The van der Waals surface area contributed by atoms with E-state index in [0.717, 1.165) is 24.5 Å². The second kappa shape index (κ2) is 9.20. The summed E-state index contributed by atoms with van der Waals surface area (Å²) < 4.78 is 47.0. The third-order valence-electron chi connectivity index (χ3n) is 4.77. The van der Waals surface area contributed by atoms with Crippen molar-refractivity contribution < 1.29 is 27.2 Å². The number of pyridine rings is 2. The molecule has 1 saturated heterocycles. The summed E-state index contributed by atoms with van der Waals surface area (Å²) >= 11 is 0. The lowest BCUT2D eigenvalue weighted by Crippen LogP contribution is -2.24. The topological polar surface area (TPSA) is 106 Å². The molecular weight excluding hydrogens is 429 g/mol. The van der Waals surface area contributed by atoms with E-state index in [1.165, 1.54) is 31.2 Å². The van der Waals surface area contributed by atoms with Crippen LogP contribution in [0.2, 0.25) is 0 Å². The van der Waals surface area contributed by atoms with Gasteiger partial charge in [0.2, 0.25) is 5.82 Å². The minimum atomic E-state index is -4.71. The molecule has 32 heavy (non-hydrogen) atoms. The van der Waals surface area contributed by atoms with Gasteiger partial charge in [-0.05, 0) is 31.0 Å². The summed E-state index contributed by atoms with van der Waals surface area (Å²) in [6, 6.07) is 6.79. The fraction of sp³-hybridized carbons (Fsp3) is 0.350. The van der Waals surface area contributed by atoms with Gasteiger partial charge in [0.15, 0.2) is 0 Å². The van der Waals surface area contributed by atoms with Crippen LogP contribution in [0.3, 0.4) is 0 Å². The largest absolute Gasteiger partial charge is 0.471 e. The molecule has 0 aromatic carbocycles. The Labute approximate surface area is 180 Å². The van der Waals surface area contributed by atoms with Crippen molar-refractivity contribution in [3.8, 4) is 11.4 Å². The molecule has 0 atom stereocenters. The molecule has 4 rings (SSSR count). The second-order valence-electron chi connectivity index (χ2n) is 7.11. The molecule has 3 aromatic heterocycles. The molecular formula is C20H19F3N6O3. The third kappa shape index (κ3) is 5.31. The van der Waals surface area contributed by atoms with Gasteiger partial charge in [0.05, 0.1) is 12.2 Å². The molecule has 1 N–H and O–H groups in total. The van der Waals surface area contributed by atoms with Crippen LogP contribution in [0, 0.1) is 0 Å². The highest BCUT2D eigenvalue weighted by atomic mass is 19.4. The first kappa shape index (κ1) is 21.5. The summed E-state index contributed by atoms with van der Waals surface area (Å²) in [5.41, 5.74) is 1.49. The Kier molecular flexibility index (Phi) is 6.19. The van der Waals surface area contributed by atoms with Gasteiger partial charge in [-0.15, -0.1) is 0 Å². The first-order valence-electron chi connectivity index (χ1n) is 9.85. The smallest absolute Gasteiger partial charge is 0.445 e. The standard InChI is InChI=1S/C20H19F3N6O3/c21-20(22,23)18-27-17(28-32-18)14-4-5-15(24-10-14)11-26-19(30)31-12-13-3-6-16(25-9-13)29-7-1-2-8-29/h3-6,9-10H,1-2,7-8,11-12H2,(H,26,30). The molecule has 4 heterocycles. The molecule has 168 valence electrons. The number of carbonyl (C=O) groups excluding carboxylic acids is 1. The summed E-state index contributed by atoms with van der Waals surface area (Å²) in [5.74, 6) is -0.740. The van der Waals surface area contributed by atoms with Crippen LogP contribution in [0.15, 0.2) is 41.2 Å². The number of ether oxygens (including phenoxy) is 1. The van der Waals surface area contributed by atoms with Crippen LogP contribution in [-0.4, -0.2) is 39.3 Å². The third-order valence-corrected chi connectivity index (χ3v) is 4.77. The van der Waals surface area contributed by atoms with Gasteiger partial charge in [0.1, 0.15) is 12.4 Å². The minimum Gasteiger partial charge on any atom is -0.445 e. The van der Waals surface area contributed by atoms with Gasteiger partial charge in [-0.25, -0.2) is 9.78 Å². The molecule has 9 nitrogen and oxygen atoms in total. The van der Waals surface area contributed by atoms with E-state index in [0.29, 0.717) is 5.69 Å². The van der Waals surface area contributed by atoms with Gasteiger partial charge < -0.3 is 19.5 Å². The molecule has 3 aromatic rings. The maximum Gasteiger partial charge on any atom is 0.471 e. The maximum atomic E-state index is 12.5.